The van der Waals surface area contributed by atoms with Crippen LogP contribution in [-0.2, 0) is 0 Å². The van der Waals surface area contributed by atoms with Gasteiger partial charge in [0.05, 0.1) is 44.1 Å². The third-order valence-corrected chi connectivity index (χ3v) is 23.9. The van der Waals surface area contributed by atoms with Gasteiger partial charge in [0.15, 0.2) is 5.82 Å². The minimum Gasteiger partial charge on any atom is -0.456 e. The molecule has 13 aromatic carbocycles. The van der Waals surface area contributed by atoms with Crippen molar-refractivity contribution >= 4 is 154 Å². The molecular weight excluding hydrogens is 1330 g/mol. The minimum atomic E-state index is -0.0259. The molecule has 0 radical (unpaired) electrons. The van der Waals surface area contributed by atoms with Gasteiger partial charge in [-0.3, -0.25) is 9.13 Å². The molecule has 20 aromatic rings. The molecule has 0 fully saturated rings. The lowest BCUT2D eigenvalue weighted by Gasteiger charge is -2.24. The lowest BCUT2D eigenvalue weighted by molar-refractivity contribution is 0.668. The third kappa shape index (κ3) is 10.3. The Bertz CT molecular complexity index is 6810. The topological polar surface area (TPSA) is 84.7 Å². The molecule has 7 aromatic heterocycles. The average Bonchev–Trinajstić information content (AvgIpc) is 1.55. The number of aromatic nitrogens is 7. The van der Waals surface area contributed by atoms with Crippen LogP contribution in [0.25, 0.3) is 166 Å². The van der Waals surface area contributed by atoms with Gasteiger partial charge in [0.25, 0.3) is 0 Å². The highest BCUT2D eigenvalue weighted by Gasteiger charge is 2.31. The summed E-state index contributed by atoms with van der Waals surface area (Å²) in [5, 5.41) is 13.5. The summed E-state index contributed by atoms with van der Waals surface area (Å²) in [5.74, 6) is 2.76. The Morgan fingerprint density at radius 2 is 0.596 bits per heavy atom. The molecule has 109 heavy (non-hydrogen) atoms. The molecule has 7 heterocycles. The van der Waals surface area contributed by atoms with Crippen LogP contribution < -0.4 is 16.4 Å². The Morgan fingerprint density at radius 1 is 0.275 bits per heavy atom. The third-order valence-electron chi connectivity index (χ3n) is 23.9. The zero-order chi connectivity index (χ0) is 74.4. The number of fused-ring (bicyclic) bond motifs is 18. The summed E-state index contributed by atoms with van der Waals surface area (Å²) in [6, 6.07) is 86.5. The van der Waals surface area contributed by atoms with Gasteiger partial charge >= 0.3 is 0 Å². The maximum absolute atomic E-state index is 6.46. The number of benzene rings is 13. The number of hydrogen-bond donors (Lipinski definition) is 0. The lowest BCUT2D eigenvalue weighted by atomic mass is 9.34. The number of para-hydroxylation sites is 2. The standard InChI is InChI=1S/C99H84BN7O2/c1-53(2)64-25-33-83-73(43-64)77-51-89-79(49-87(77)104(83)69-31-37-93-81(47-69)71-19-15-17-21-91(71)108-93)75-45-66(55(5)6)27-35-85(75)106(89)98-101-97(63-23-29-68(30-24-63)100(95-59(11)39-57(9)40-60(95)12)96-61(13)41-58(10)42-62(96)14)102-99(103-98)107-86-36-28-67(56(7)8)46-76(86)80-50-88-78(52-90(80)107)74-44-65(54(3)4)26-34-84(74)105(88)70-32-38-94-82(48-70)72-20-16-18-22-92(72)109-94/h15-56H,1-14H3. The lowest BCUT2D eigenvalue weighted by Crippen LogP contribution is -2.55. The van der Waals surface area contributed by atoms with Crippen LogP contribution in [0.2, 0.25) is 0 Å². The van der Waals surface area contributed by atoms with E-state index < -0.39 is 0 Å². The van der Waals surface area contributed by atoms with Crippen LogP contribution in [0.4, 0.5) is 0 Å². The van der Waals surface area contributed by atoms with E-state index in [0.717, 1.165) is 137 Å². The van der Waals surface area contributed by atoms with Gasteiger partial charge in [-0.15, -0.1) is 0 Å². The Kier molecular flexibility index (Phi) is 15.0. The molecule has 0 saturated carbocycles. The van der Waals surface area contributed by atoms with Crippen LogP contribution >= 0.6 is 0 Å². The zero-order valence-electron chi connectivity index (χ0n) is 64.3. The first-order valence-corrected chi connectivity index (χ1v) is 38.8. The number of hydrogen-bond acceptors (Lipinski definition) is 5. The first-order chi connectivity index (χ1) is 52.8. The van der Waals surface area contributed by atoms with E-state index in [-0.39, 0.29) is 18.5 Å². The summed E-state index contributed by atoms with van der Waals surface area (Å²) in [7, 11) is 0. The second kappa shape index (κ2) is 24.6. The van der Waals surface area contributed by atoms with Gasteiger partial charge in [-0.1, -0.05) is 214 Å². The summed E-state index contributed by atoms with van der Waals surface area (Å²) in [4.78, 5) is 17.7. The van der Waals surface area contributed by atoms with Gasteiger partial charge in [0.1, 0.15) is 22.3 Å². The van der Waals surface area contributed by atoms with E-state index in [9.17, 15) is 0 Å². The summed E-state index contributed by atoms with van der Waals surface area (Å²) >= 11 is 0. The highest BCUT2D eigenvalue weighted by atomic mass is 16.3. The van der Waals surface area contributed by atoms with Gasteiger partial charge in [-0.25, -0.2) is 0 Å². The molecule has 9 nitrogen and oxygen atoms in total. The van der Waals surface area contributed by atoms with Crippen molar-refractivity contribution in [3.05, 3.63) is 286 Å². The van der Waals surface area contributed by atoms with Crippen molar-refractivity contribution in [3.63, 3.8) is 0 Å². The van der Waals surface area contributed by atoms with Crippen molar-refractivity contribution in [1.82, 2.24) is 33.2 Å². The Balaban J connectivity index is 0.881. The monoisotopic (exact) mass is 1410 g/mol. The van der Waals surface area contributed by atoms with Crippen molar-refractivity contribution < 1.29 is 8.83 Å². The van der Waals surface area contributed by atoms with Crippen LogP contribution in [0.5, 0.6) is 0 Å². The molecule has 0 bridgehead atoms. The SMILES string of the molecule is Cc1cc(C)c(B(c2ccc(-c3nc(-n4c5ccc(C(C)C)cc5c5cc6c(cc54)c4cc(C(C)C)ccc4n6-c4ccc5oc6ccccc6c5c4)nc(-n4c5ccc(C(C)C)cc5c5cc6c(cc54)c4cc(C(C)C)ccc4n6-c4ccc5oc6ccccc6c5c4)n3)cc2)c2c(C)cc(C)cc2C)c(C)c1. The Labute approximate surface area is 633 Å². The summed E-state index contributed by atoms with van der Waals surface area (Å²) in [6.45, 7) is 31.8. The predicted octanol–water partition coefficient (Wildman–Crippen LogP) is 24.6. The Hall–Kier alpha value is -12.3. The zero-order valence-corrected chi connectivity index (χ0v) is 64.3. The van der Waals surface area contributed by atoms with Gasteiger partial charge in [0, 0.05) is 81.6 Å². The largest absolute Gasteiger partial charge is 0.456 e. The van der Waals surface area contributed by atoms with Crippen molar-refractivity contribution in [2.45, 2.75) is 121 Å². The maximum Gasteiger partial charge on any atom is 0.242 e. The van der Waals surface area contributed by atoms with Gasteiger partial charge in [-0.2, -0.15) is 15.0 Å². The number of aryl methyl sites for hydroxylation is 6. The quantitative estimate of drug-likeness (QED) is 0.114. The number of nitrogens with zero attached hydrogens (tertiary/aromatic N) is 7. The van der Waals surface area contributed by atoms with Crippen LogP contribution in [0.1, 0.15) is 135 Å². The van der Waals surface area contributed by atoms with E-state index >= 15 is 0 Å². The molecule has 0 aliphatic carbocycles. The fraction of sp³-hybridized carbons (Fsp3) is 0.182. The molecule has 0 amide bonds. The summed E-state index contributed by atoms with van der Waals surface area (Å²) < 4.78 is 22.5. The average molecular weight is 1410 g/mol. The molecule has 530 valence electrons. The molecule has 0 atom stereocenters. The summed E-state index contributed by atoms with van der Waals surface area (Å²) in [6.07, 6.45) is 0. The summed E-state index contributed by atoms with van der Waals surface area (Å²) in [5.41, 5.74) is 31.6. The molecule has 0 aliphatic heterocycles. The fourth-order valence-electron chi connectivity index (χ4n) is 18.5. The second-order valence-electron chi connectivity index (χ2n) is 32.3. The predicted molar refractivity (Wildman–Crippen MR) is 459 cm³/mol. The van der Waals surface area contributed by atoms with Gasteiger partial charge < -0.3 is 18.0 Å². The fourth-order valence-corrected chi connectivity index (χ4v) is 18.5. The van der Waals surface area contributed by atoms with Crippen LogP contribution in [0.3, 0.4) is 0 Å². The van der Waals surface area contributed by atoms with E-state index in [1.165, 1.54) is 82.8 Å². The van der Waals surface area contributed by atoms with Gasteiger partial charge in [0.2, 0.25) is 18.6 Å². The molecule has 0 aliphatic rings. The van der Waals surface area contributed by atoms with E-state index in [1.54, 1.807) is 0 Å². The maximum atomic E-state index is 6.46. The first kappa shape index (κ1) is 66.2. The molecule has 20 rings (SSSR count). The van der Waals surface area contributed by atoms with E-state index in [4.69, 9.17) is 23.8 Å². The number of furan rings is 2. The first-order valence-electron chi connectivity index (χ1n) is 38.8. The van der Waals surface area contributed by atoms with E-state index in [0.29, 0.717) is 29.6 Å². The number of rotatable bonds is 12. The van der Waals surface area contributed by atoms with Crippen molar-refractivity contribution in [2.24, 2.45) is 0 Å². The van der Waals surface area contributed by atoms with Crippen LogP contribution in [-0.4, -0.2) is 39.9 Å². The molecular formula is C99H84BN7O2. The van der Waals surface area contributed by atoms with Crippen LogP contribution in [0.15, 0.2) is 239 Å². The van der Waals surface area contributed by atoms with E-state index in [1.807, 2.05) is 12.1 Å². The normalized spacial score (nSPS) is 12.5. The smallest absolute Gasteiger partial charge is 0.242 e. The van der Waals surface area contributed by atoms with Gasteiger partial charge in [-0.05, 0) is 209 Å². The Morgan fingerprint density at radius 3 is 0.954 bits per heavy atom. The van der Waals surface area contributed by atoms with E-state index in [2.05, 4.69) is 334 Å². The molecule has 0 unspecified atom stereocenters. The van der Waals surface area contributed by atoms with Crippen molar-refractivity contribution in [3.8, 4) is 34.7 Å². The van der Waals surface area contributed by atoms with Crippen molar-refractivity contribution in [2.75, 3.05) is 0 Å². The van der Waals surface area contributed by atoms with Crippen LogP contribution in [0, 0.1) is 41.5 Å². The highest BCUT2D eigenvalue weighted by Crippen LogP contribution is 2.46. The molecule has 0 saturated heterocycles. The molecule has 10 heteroatoms. The second-order valence-corrected chi connectivity index (χ2v) is 32.3. The molecule has 0 N–H and O–H groups in total. The molecule has 0 spiro atoms. The highest BCUT2D eigenvalue weighted by molar-refractivity contribution is 6.96. The minimum absolute atomic E-state index is 0.0259. The van der Waals surface area contributed by atoms with Crippen molar-refractivity contribution in [1.29, 1.82) is 0 Å².